The second-order valence-corrected chi connectivity index (χ2v) is 17.5. The molecule has 0 fully saturated rings. The molecule has 11 heteroatoms. The first kappa shape index (κ1) is 32.4. The van der Waals surface area contributed by atoms with Crippen LogP contribution in [0.5, 0.6) is 0 Å². The monoisotopic (exact) mass is 692 g/mol. The van der Waals surface area contributed by atoms with Gasteiger partial charge in [-0.1, -0.05) is 13.8 Å². The van der Waals surface area contributed by atoms with E-state index in [1.54, 1.807) is 22.7 Å². The molecule has 4 heterocycles. The van der Waals surface area contributed by atoms with Crippen molar-refractivity contribution in [3.05, 3.63) is 51.0 Å². The summed E-state index contributed by atoms with van der Waals surface area (Å²) in [6.07, 6.45) is -0.562. The van der Waals surface area contributed by atoms with Crippen LogP contribution in [0.1, 0.15) is 61.0 Å². The molecule has 240 valence electrons. The van der Waals surface area contributed by atoms with Gasteiger partial charge in [-0.05, 0) is 76.9 Å². The minimum absolute atomic E-state index is 0.0398. The van der Waals surface area contributed by atoms with E-state index in [9.17, 15) is 14.4 Å². The Bertz CT molecular complexity index is 2160. The van der Waals surface area contributed by atoms with Crippen molar-refractivity contribution < 1.29 is 23.9 Å². The average Bonchev–Trinajstić information content (AvgIpc) is 3.69. The Morgan fingerprint density at radius 2 is 1.35 bits per heavy atom. The molecule has 6 rings (SSSR count). The second-order valence-electron chi connectivity index (χ2n) is 12.8. The zero-order valence-electron chi connectivity index (χ0n) is 27.0. The number of carbonyl (C=O) groups excluding carboxylic acids is 3. The topological polar surface area (TPSA) is 93.7 Å². The highest BCUT2D eigenvalue weighted by atomic mass is 32.1. The quantitative estimate of drug-likeness (QED) is 0.162. The Morgan fingerprint density at radius 1 is 0.804 bits per heavy atom. The van der Waals surface area contributed by atoms with E-state index in [1.807, 2.05) is 34.6 Å². The van der Waals surface area contributed by atoms with Crippen molar-refractivity contribution in [2.75, 3.05) is 11.9 Å². The van der Waals surface area contributed by atoms with Crippen molar-refractivity contribution in [2.24, 2.45) is 5.92 Å². The highest BCUT2D eigenvalue weighted by molar-refractivity contribution is 7.25. The number of anilines is 1. The van der Waals surface area contributed by atoms with Crippen LogP contribution in [-0.2, 0) is 14.3 Å². The van der Waals surface area contributed by atoms with Crippen LogP contribution in [0.3, 0.4) is 0 Å². The number of amides is 2. The number of fused-ring (bicyclic) bond motifs is 6. The summed E-state index contributed by atoms with van der Waals surface area (Å²) < 4.78 is 15.9. The van der Waals surface area contributed by atoms with Crippen LogP contribution in [0, 0.1) is 19.8 Å². The summed E-state index contributed by atoms with van der Waals surface area (Å²) in [7, 11) is 0. The van der Waals surface area contributed by atoms with E-state index in [4.69, 9.17) is 9.47 Å². The SMILES string of the molecule is CC(=O)N[C@H](COC(=O)c1sc2ccc3sc(C)cc3c2c1-c1c(NC(=O)OC(C)(C)C)sc2ccc3sc(C)cc3c12)C(C)C. The summed E-state index contributed by atoms with van der Waals surface area (Å²) in [4.78, 5) is 42.1. The summed E-state index contributed by atoms with van der Waals surface area (Å²) in [5.41, 5.74) is 0.831. The summed E-state index contributed by atoms with van der Waals surface area (Å²) in [6, 6.07) is 12.4. The molecule has 0 aliphatic rings. The van der Waals surface area contributed by atoms with Gasteiger partial charge in [0.05, 0.1) is 6.04 Å². The zero-order chi connectivity index (χ0) is 33.1. The van der Waals surface area contributed by atoms with E-state index in [2.05, 4.69) is 60.9 Å². The maximum atomic E-state index is 14.2. The molecule has 0 aliphatic carbocycles. The Kier molecular flexibility index (Phi) is 8.64. The molecule has 0 spiro atoms. The van der Waals surface area contributed by atoms with Crippen LogP contribution in [-0.4, -0.2) is 36.2 Å². The predicted octanol–water partition coefficient (Wildman–Crippen LogP) is 10.5. The number of benzene rings is 2. The van der Waals surface area contributed by atoms with Crippen LogP contribution in [0.15, 0.2) is 36.4 Å². The molecule has 0 radical (unpaired) electrons. The van der Waals surface area contributed by atoms with E-state index < -0.39 is 17.7 Å². The highest BCUT2D eigenvalue weighted by Crippen LogP contribution is 2.53. The highest BCUT2D eigenvalue weighted by Gasteiger charge is 2.30. The van der Waals surface area contributed by atoms with Crippen LogP contribution in [0.2, 0.25) is 0 Å². The lowest BCUT2D eigenvalue weighted by Crippen LogP contribution is -2.41. The van der Waals surface area contributed by atoms with Gasteiger partial charge in [0.25, 0.3) is 0 Å². The predicted molar refractivity (Wildman–Crippen MR) is 195 cm³/mol. The first-order valence-corrected chi connectivity index (χ1v) is 18.3. The number of ether oxygens (including phenoxy) is 2. The largest absolute Gasteiger partial charge is 0.459 e. The summed E-state index contributed by atoms with van der Waals surface area (Å²) >= 11 is 6.28. The normalized spacial score (nSPS) is 12.8. The number of thiophene rings is 4. The molecule has 0 aliphatic heterocycles. The lowest BCUT2D eigenvalue weighted by Gasteiger charge is -2.21. The van der Waals surface area contributed by atoms with Gasteiger partial charge in [-0.2, -0.15) is 0 Å². The molecule has 0 bridgehead atoms. The molecule has 2 amide bonds. The minimum atomic E-state index is -0.691. The zero-order valence-corrected chi connectivity index (χ0v) is 30.3. The molecular weight excluding hydrogens is 657 g/mol. The molecule has 7 nitrogen and oxygen atoms in total. The fraction of sp³-hybridized carbons (Fsp3) is 0.343. The lowest BCUT2D eigenvalue weighted by atomic mass is 9.96. The molecule has 6 aromatic rings. The Morgan fingerprint density at radius 3 is 1.89 bits per heavy atom. The molecular formula is C35H36N2O5S4. The number of esters is 1. The van der Waals surface area contributed by atoms with Gasteiger partial charge in [0, 0.05) is 68.1 Å². The third kappa shape index (κ3) is 6.25. The number of hydrogen-bond donors (Lipinski definition) is 2. The van der Waals surface area contributed by atoms with E-state index in [0.29, 0.717) is 9.88 Å². The van der Waals surface area contributed by atoms with Gasteiger partial charge in [-0.15, -0.1) is 45.3 Å². The molecule has 2 N–H and O–H groups in total. The Hall–Kier alpha value is -3.51. The lowest BCUT2D eigenvalue weighted by molar-refractivity contribution is -0.120. The van der Waals surface area contributed by atoms with Crippen LogP contribution in [0.25, 0.3) is 51.5 Å². The summed E-state index contributed by atoms with van der Waals surface area (Å²) in [6.45, 7) is 15.1. The Balaban J connectivity index is 1.63. The molecule has 1 atom stereocenters. The molecule has 0 saturated carbocycles. The molecule has 0 saturated heterocycles. The standard InChI is InChI=1S/C35H36N2O5S4/c1-16(2)22(36-19(5)38)15-41-33(39)31-29(27-20-13-17(3)43-23(20)9-11-25(27)45-31)30-28-21-14-18(4)44-24(21)10-12-26(28)46-32(30)37-34(40)42-35(6,7)8/h9-14,16,22H,15H2,1-8H3,(H,36,38)(H,37,40)/t22-/m1/s1. The second kappa shape index (κ2) is 12.3. The summed E-state index contributed by atoms with van der Waals surface area (Å²) in [5, 5.41) is 10.6. The number of hydrogen-bond acceptors (Lipinski definition) is 9. The Labute approximate surface area is 283 Å². The molecule has 46 heavy (non-hydrogen) atoms. The first-order valence-electron chi connectivity index (χ1n) is 15.1. The average molecular weight is 693 g/mol. The number of rotatable bonds is 7. The van der Waals surface area contributed by atoms with Gasteiger partial charge in [-0.25, -0.2) is 9.59 Å². The molecule has 4 aromatic heterocycles. The maximum absolute atomic E-state index is 14.2. The van der Waals surface area contributed by atoms with E-state index >= 15 is 0 Å². The van der Waals surface area contributed by atoms with Gasteiger partial charge in [-0.3, -0.25) is 10.1 Å². The van der Waals surface area contributed by atoms with Gasteiger partial charge < -0.3 is 14.8 Å². The van der Waals surface area contributed by atoms with Crippen LogP contribution >= 0.6 is 45.3 Å². The van der Waals surface area contributed by atoms with Gasteiger partial charge >= 0.3 is 12.1 Å². The van der Waals surface area contributed by atoms with Gasteiger partial charge in [0.2, 0.25) is 5.91 Å². The molecule has 0 unspecified atom stereocenters. The van der Waals surface area contributed by atoms with E-state index in [1.165, 1.54) is 34.5 Å². The van der Waals surface area contributed by atoms with Gasteiger partial charge in [0.1, 0.15) is 22.1 Å². The molecule has 2 aromatic carbocycles. The first-order chi connectivity index (χ1) is 21.7. The number of carbonyl (C=O) groups is 3. The van der Waals surface area contributed by atoms with Crippen molar-refractivity contribution >= 4 is 109 Å². The van der Waals surface area contributed by atoms with Crippen LogP contribution in [0.4, 0.5) is 9.80 Å². The van der Waals surface area contributed by atoms with E-state index in [0.717, 1.165) is 56.3 Å². The van der Waals surface area contributed by atoms with Crippen molar-refractivity contribution in [3.8, 4) is 11.1 Å². The van der Waals surface area contributed by atoms with Crippen molar-refractivity contribution in [1.82, 2.24) is 5.32 Å². The van der Waals surface area contributed by atoms with Crippen molar-refractivity contribution in [2.45, 2.75) is 67.0 Å². The van der Waals surface area contributed by atoms with Crippen LogP contribution < -0.4 is 10.6 Å². The number of nitrogens with one attached hydrogen (secondary N) is 2. The maximum Gasteiger partial charge on any atom is 0.412 e. The third-order valence-corrected chi connectivity index (χ3v) is 11.8. The minimum Gasteiger partial charge on any atom is -0.459 e. The van der Waals surface area contributed by atoms with Crippen molar-refractivity contribution in [3.63, 3.8) is 0 Å². The van der Waals surface area contributed by atoms with Crippen molar-refractivity contribution in [1.29, 1.82) is 0 Å². The van der Waals surface area contributed by atoms with Gasteiger partial charge in [0.15, 0.2) is 0 Å². The summed E-state index contributed by atoms with van der Waals surface area (Å²) in [5.74, 6) is -0.582. The fourth-order valence-corrected chi connectivity index (χ4v) is 9.76. The fourth-order valence-electron chi connectivity index (χ4n) is 5.67. The third-order valence-electron chi connectivity index (χ3n) is 7.59. The smallest absolute Gasteiger partial charge is 0.412 e. The number of aryl methyl sites for hydroxylation is 2. The van der Waals surface area contributed by atoms with E-state index in [-0.39, 0.29) is 24.5 Å².